The summed E-state index contributed by atoms with van der Waals surface area (Å²) < 4.78 is 14.5. The van der Waals surface area contributed by atoms with Gasteiger partial charge in [-0.2, -0.15) is 0 Å². The highest BCUT2D eigenvalue weighted by Gasteiger charge is 2.12. The molecule has 17 heavy (non-hydrogen) atoms. The summed E-state index contributed by atoms with van der Waals surface area (Å²) in [5, 5.41) is 12.2. The van der Waals surface area contributed by atoms with Gasteiger partial charge >= 0.3 is 0 Å². The normalized spacial score (nSPS) is 11.4. The molecule has 0 atom stereocenters. The average Bonchev–Trinajstić information content (AvgIpc) is 2.81. The third kappa shape index (κ3) is 1.40. The molecule has 2 N–H and O–H groups in total. The van der Waals surface area contributed by atoms with Crippen molar-refractivity contribution in [1.82, 2.24) is 4.98 Å². The molecule has 2 aromatic heterocycles. The SMILES string of the molecule is O=c1[nH]c2c(F)c(CO)ccc2c2ccsc12. The molecular weight excluding hydrogens is 241 g/mol. The van der Waals surface area contributed by atoms with Crippen molar-refractivity contribution in [1.29, 1.82) is 0 Å². The third-order valence-corrected chi connectivity index (χ3v) is 3.71. The van der Waals surface area contributed by atoms with E-state index in [1.54, 1.807) is 17.5 Å². The minimum Gasteiger partial charge on any atom is -0.392 e. The van der Waals surface area contributed by atoms with Gasteiger partial charge in [0.2, 0.25) is 0 Å². The van der Waals surface area contributed by atoms with Crippen molar-refractivity contribution in [2.75, 3.05) is 0 Å². The van der Waals surface area contributed by atoms with Gasteiger partial charge in [0.25, 0.3) is 5.56 Å². The van der Waals surface area contributed by atoms with E-state index < -0.39 is 5.82 Å². The molecule has 3 aromatic rings. The zero-order chi connectivity index (χ0) is 12.0. The number of aliphatic hydroxyl groups excluding tert-OH is 1. The molecule has 0 spiro atoms. The van der Waals surface area contributed by atoms with E-state index in [1.807, 2.05) is 0 Å². The minimum atomic E-state index is -0.560. The highest BCUT2D eigenvalue weighted by molar-refractivity contribution is 7.17. The fourth-order valence-electron chi connectivity index (χ4n) is 1.96. The second kappa shape index (κ2) is 3.65. The molecule has 0 aliphatic carbocycles. The van der Waals surface area contributed by atoms with Gasteiger partial charge in [0.1, 0.15) is 4.70 Å². The van der Waals surface area contributed by atoms with Crippen LogP contribution in [-0.4, -0.2) is 10.1 Å². The first-order valence-corrected chi connectivity index (χ1v) is 5.92. The summed E-state index contributed by atoms with van der Waals surface area (Å²) in [6.07, 6.45) is 0. The van der Waals surface area contributed by atoms with E-state index in [2.05, 4.69) is 4.98 Å². The highest BCUT2D eigenvalue weighted by atomic mass is 32.1. The number of aromatic amines is 1. The molecular formula is C12H8FNO2S. The summed E-state index contributed by atoms with van der Waals surface area (Å²) in [5.74, 6) is -0.560. The maximum atomic E-state index is 14.0. The number of H-pyrrole nitrogens is 1. The molecule has 0 radical (unpaired) electrons. The first-order valence-electron chi connectivity index (χ1n) is 5.04. The van der Waals surface area contributed by atoms with E-state index in [0.717, 1.165) is 5.39 Å². The van der Waals surface area contributed by atoms with Crippen LogP contribution in [0.4, 0.5) is 4.39 Å². The van der Waals surface area contributed by atoms with Crippen molar-refractivity contribution >= 4 is 32.3 Å². The lowest BCUT2D eigenvalue weighted by Crippen LogP contribution is -2.06. The van der Waals surface area contributed by atoms with Gasteiger partial charge in [-0.25, -0.2) is 4.39 Å². The van der Waals surface area contributed by atoms with E-state index in [9.17, 15) is 9.18 Å². The van der Waals surface area contributed by atoms with Crippen LogP contribution < -0.4 is 5.56 Å². The van der Waals surface area contributed by atoms with Gasteiger partial charge in [0.15, 0.2) is 5.82 Å². The van der Waals surface area contributed by atoms with Crippen LogP contribution >= 0.6 is 11.3 Å². The molecule has 0 saturated carbocycles. The van der Waals surface area contributed by atoms with Crippen LogP contribution in [0.5, 0.6) is 0 Å². The van der Waals surface area contributed by atoms with Gasteiger partial charge in [-0.1, -0.05) is 12.1 Å². The number of rotatable bonds is 1. The third-order valence-electron chi connectivity index (χ3n) is 2.79. The van der Waals surface area contributed by atoms with E-state index in [-0.39, 0.29) is 23.2 Å². The number of halogens is 1. The van der Waals surface area contributed by atoms with Gasteiger partial charge < -0.3 is 10.1 Å². The molecule has 0 aliphatic heterocycles. The van der Waals surface area contributed by atoms with Gasteiger partial charge in [0.05, 0.1) is 12.1 Å². The molecule has 0 unspecified atom stereocenters. The number of hydrogen-bond donors (Lipinski definition) is 2. The molecule has 3 nitrogen and oxygen atoms in total. The van der Waals surface area contributed by atoms with E-state index in [1.165, 1.54) is 17.4 Å². The lowest BCUT2D eigenvalue weighted by atomic mass is 10.1. The minimum absolute atomic E-state index is 0.160. The van der Waals surface area contributed by atoms with Crippen molar-refractivity contribution in [2.24, 2.45) is 0 Å². The van der Waals surface area contributed by atoms with Gasteiger partial charge in [-0.05, 0) is 11.4 Å². The Morgan fingerprint density at radius 1 is 1.29 bits per heavy atom. The predicted molar refractivity (Wildman–Crippen MR) is 65.8 cm³/mol. The Labute approximate surface area is 99.1 Å². The zero-order valence-corrected chi connectivity index (χ0v) is 9.47. The van der Waals surface area contributed by atoms with Crippen LogP contribution in [0, 0.1) is 5.82 Å². The monoisotopic (exact) mass is 249 g/mol. The number of benzene rings is 1. The Hall–Kier alpha value is -1.72. The molecule has 86 valence electrons. The fraction of sp³-hybridized carbons (Fsp3) is 0.0833. The molecule has 0 aliphatic rings. The summed E-state index contributed by atoms with van der Waals surface area (Å²) in [7, 11) is 0. The Balaban J connectivity index is 2.58. The van der Waals surface area contributed by atoms with E-state index >= 15 is 0 Å². The number of thiophene rings is 1. The van der Waals surface area contributed by atoms with Crippen LogP contribution in [0.2, 0.25) is 0 Å². The van der Waals surface area contributed by atoms with Gasteiger partial charge in [0, 0.05) is 16.3 Å². The number of pyridine rings is 1. The smallest absolute Gasteiger partial charge is 0.266 e. The second-order valence-corrected chi connectivity index (χ2v) is 4.65. The molecule has 3 rings (SSSR count). The van der Waals surface area contributed by atoms with E-state index in [0.29, 0.717) is 10.1 Å². The molecule has 5 heteroatoms. The number of aromatic nitrogens is 1. The first kappa shape index (κ1) is 10.4. The van der Waals surface area contributed by atoms with Crippen molar-refractivity contribution in [3.05, 3.63) is 45.3 Å². The van der Waals surface area contributed by atoms with Crippen LogP contribution in [0.15, 0.2) is 28.4 Å². The summed E-state index contributed by atoms with van der Waals surface area (Å²) >= 11 is 1.33. The molecule has 0 saturated heterocycles. The Morgan fingerprint density at radius 3 is 2.88 bits per heavy atom. The molecule has 2 heterocycles. The van der Waals surface area contributed by atoms with Crippen molar-refractivity contribution in [3.8, 4) is 0 Å². The Morgan fingerprint density at radius 2 is 2.12 bits per heavy atom. The Bertz CT molecular complexity index is 775. The highest BCUT2D eigenvalue weighted by Crippen LogP contribution is 2.27. The number of nitrogens with one attached hydrogen (secondary N) is 1. The maximum absolute atomic E-state index is 14.0. The summed E-state index contributed by atoms with van der Waals surface area (Å²) in [6, 6.07) is 5.05. The van der Waals surface area contributed by atoms with Crippen LogP contribution in [0.25, 0.3) is 21.0 Å². The largest absolute Gasteiger partial charge is 0.392 e. The lowest BCUT2D eigenvalue weighted by Gasteiger charge is -2.04. The molecule has 1 aromatic carbocycles. The number of aliphatic hydroxyl groups is 1. The summed E-state index contributed by atoms with van der Waals surface area (Å²) in [6.45, 7) is -0.383. The van der Waals surface area contributed by atoms with Gasteiger partial charge in [-0.15, -0.1) is 11.3 Å². The van der Waals surface area contributed by atoms with Crippen molar-refractivity contribution in [2.45, 2.75) is 6.61 Å². The van der Waals surface area contributed by atoms with Crippen LogP contribution in [0.1, 0.15) is 5.56 Å². The quantitative estimate of drug-likeness (QED) is 0.695. The summed E-state index contributed by atoms with van der Waals surface area (Å²) in [4.78, 5) is 14.3. The molecule has 0 bridgehead atoms. The van der Waals surface area contributed by atoms with Crippen molar-refractivity contribution in [3.63, 3.8) is 0 Å². The zero-order valence-electron chi connectivity index (χ0n) is 8.66. The lowest BCUT2D eigenvalue weighted by molar-refractivity contribution is 0.276. The second-order valence-electron chi connectivity index (χ2n) is 3.74. The van der Waals surface area contributed by atoms with Crippen LogP contribution in [-0.2, 0) is 6.61 Å². The predicted octanol–water partition coefficient (Wildman–Crippen LogP) is 2.37. The Kier molecular flexibility index (Phi) is 2.24. The topological polar surface area (TPSA) is 53.1 Å². The average molecular weight is 249 g/mol. The molecule has 0 amide bonds. The number of hydrogen-bond acceptors (Lipinski definition) is 3. The van der Waals surface area contributed by atoms with Crippen molar-refractivity contribution < 1.29 is 9.50 Å². The maximum Gasteiger partial charge on any atom is 0.266 e. The molecule has 0 fully saturated rings. The van der Waals surface area contributed by atoms with E-state index in [4.69, 9.17) is 5.11 Å². The fourth-order valence-corrected chi connectivity index (χ4v) is 2.76. The first-order chi connectivity index (χ1) is 8.22. The standard InChI is InChI=1S/C12H8FNO2S/c13-9-6(5-15)1-2-7-8-3-4-17-11(8)12(16)14-10(7)9/h1-4,15H,5H2,(H,14,16). The summed E-state index contributed by atoms with van der Waals surface area (Å²) in [5.41, 5.74) is 0.0478. The van der Waals surface area contributed by atoms with Crippen LogP contribution in [0.3, 0.4) is 0 Å². The number of fused-ring (bicyclic) bond motifs is 3. The van der Waals surface area contributed by atoms with Gasteiger partial charge in [-0.3, -0.25) is 4.79 Å².